The maximum Gasteiger partial charge on any atom is 0.335 e. The summed E-state index contributed by atoms with van der Waals surface area (Å²) in [7, 11) is -2.11. The van der Waals surface area contributed by atoms with Gasteiger partial charge in [0.15, 0.2) is 5.82 Å². The fraction of sp³-hybridized carbons (Fsp3) is 0.318. The predicted molar refractivity (Wildman–Crippen MR) is 119 cm³/mol. The quantitative estimate of drug-likeness (QED) is 0.571. The minimum Gasteiger partial charge on any atom is -0.478 e. The molecule has 0 aliphatic carbocycles. The molecule has 3 rings (SSSR count). The summed E-state index contributed by atoms with van der Waals surface area (Å²) >= 11 is 0. The number of aromatic nitrogens is 3. The maximum atomic E-state index is 13.6. The van der Waals surface area contributed by atoms with Crippen molar-refractivity contribution in [2.45, 2.75) is 32.1 Å². The van der Waals surface area contributed by atoms with Crippen molar-refractivity contribution in [1.29, 1.82) is 0 Å². The Kier molecular flexibility index (Phi) is 6.45. The van der Waals surface area contributed by atoms with E-state index in [-0.39, 0.29) is 22.9 Å². The Bertz CT molecular complexity index is 1190. The van der Waals surface area contributed by atoms with Crippen LogP contribution in [0.2, 0.25) is 0 Å². The molecule has 2 aromatic carbocycles. The SMILES string of the molecule is CCc1nnc(-c2cc(C(=O)O)ccc2N(CC(C)C)S(=O)(=O)c2ccccc2)n1C. The molecule has 164 valence electrons. The lowest BCUT2D eigenvalue weighted by molar-refractivity contribution is 0.0697. The van der Waals surface area contributed by atoms with E-state index in [1.54, 1.807) is 41.9 Å². The van der Waals surface area contributed by atoms with Crippen LogP contribution in [-0.2, 0) is 23.5 Å². The summed E-state index contributed by atoms with van der Waals surface area (Å²) < 4.78 is 30.3. The fourth-order valence-corrected chi connectivity index (χ4v) is 5.01. The topological polar surface area (TPSA) is 105 Å². The van der Waals surface area contributed by atoms with E-state index < -0.39 is 16.0 Å². The van der Waals surface area contributed by atoms with Crippen molar-refractivity contribution < 1.29 is 18.3 Å². The monoisotopic (exact) mass is 442 g/mol. The number of hydrogen-bond donors (Lipinski definition) is 1. The molecule has 0 amide bonds. The van der Waals surface area contributed by atoms with Crippen LogP contribution in [-0.4, -0.2) is 40.8 Å². The van der Waals surface area contributed by atoms with Gasteiger partial charge in [0.2, 0.25) is 0 Å². The molecular formula is C22H26N4O4S. The number of carboxylic acid groups (broad SMARTS) is 1. The van der Waals surface area contributed by atoms with Crippen molar-refractivity contribution in [3.05, 3.63) is 59.9 Å². The van der Waals surface area contributed by atoms with Gasteiger partial charge < -0.3 is 9.67 Å². The molecule has 8 nitrogen and oxygen atoms in total. The van der Waals surface area contributed by atoms with E-state index in [1.807, 2.05) is 20.8 Å². The van der Waals surface area contributed by atoms with Crippen LogP contribution in [0.3, 0.4) is 0 Å². The van der Waals surface area contributed by atoms with Crippen LogP contribution in [0.4, 0.5) is 5.69 Å². The summed E-state index contributed by atoms with van der Waals surface area (Å²) in [5, 5.41) is 17.9. The van der Waals surface area contributed by atoms with Crippen LogP contribution >= 0.6 is 0 Å². The van der Waals surface area contributed by atoms with Gasteiger partial charge in [0.05, 0.1) is 16.1 Å². The van der Waals surface area contributed by atoms with Gasteiger partial charge >= 0.3 is 5.97 Å². The molecule has 0 bridgehead atoms. The Hall–Kier alpha value is -3.20. The molecule has 0 saturated heterocycles. The van der Waals surface area contributed by atoms with Crippen LogP contribution in [0.1, 0.15) is 37.0 Å². The van der Waals surface area contributed by atoms with Crippen LogP contribution in [0.5, 0.6) is 0 Å². The average molecular weight is 443 g/mol. The van der Waals surface area contributed by atoms with Gasteiger partial charge in [-0.1, -0.05) is 39.0 Å². The van der Waals surface area contributed by atoms with Gasteiger partial charge in [-0.25, -0.2) is 13.2 Å². The molecule has 1 heterocycles. The summed E-state index contributed by atoms with van der Waals surface area (Å²) in [5.74, 6) is 0.0400. The third-order valence-corrected chi connectivity index (χ3v) is 6.69. The molecule has 0 saturated carbocycles. The minimum atomic E-state index is -3.90. The van der Waals surface area contributed by atoms with Gasteiger partial charge in [-0.15, -0.1) is 10.2 Å². The average Bonchev–Trinajstić information content (AvgIpc) is 3.12. The smallest absolute Gasteiger partial charge is 0.335 e. The summed E-state index contributed by atoms with van der Waals surface area (Å²) in [5.41, 5.74) is 0.803. The van der Waals surface area contributed by atoms with Gasteiger partial charge in [-0.3, -0.25) is 4.31 Å². The van der Waals surface area contributed by atoms with Crippen molar-refractivity contribution in [3.63, 3.8) is 0 Å². The van der Waals surface area contributed by atoms with Crippen LogP contribution < -0.4 is 4.31 Å². The van der Waals surface area contributed by atoms with E-state index >= 15 is 0 Å². The first-order chi connectivity index (χ1) is 14.7. The molecule has 0 aliphatic heterocycles. The Morgan fingerprint density at radius 1 is 1.13 bits per heavy atom. The van der Waals surface area contributed by atoms with Crippen molar-refractivity contribution in [2.24, 2.45) is 13.0 Å². The Balaban J connectivity index is 2.28. The molecule has 0 spiro atoms. The molecule has 0 atom stereocenters. The largest absolute Gasteiger partial charge is 0.478 e. The number of aryl methyl sites for hydroxylation is 1. The van der Waals surface area contributed by atoms with Crippen molar-refractivity contribution >= 4 is 21.7 Å². The first-order valence-corrected chi connectivity index (χ1v) is 11.4. The third kappa shape index (κ3) is 4.46. The molecule has 0 fully saturated rings. The van der Waals surface area contributed by atoms with Gasteiger partial charge in [0, 0.05) is 25.6 Å². The van der Waals surface area contributed by atoms with Crippen molar-refractivity contribution in [1.82, 2.24) is 14.8 Å². The molecule has 1 N–H and O–H groups in total. The molecule has 1 aromatic heterocycles. The standard InChI is InChI=1S/C22H26N4O4S/c1-5-20-23-24-21(25(20)4)18-13-16(22(27)28)11-12-19(18)26(14-15(2)3)31(29,30)17-9-7-6-8-10-17/h6-13,15H,5,14H2,1-4H3,(H,27,28). The number of rotatable bonds is 8. The van der Waals surface area contributed by atoms with Crippen molar-refractivity contribution in [2.75, 3.05) is 10.8 Å². The number of anilines is 1. The molecule has 9 heteroatoms. The van der Waals surface area contributed by atoms with E-state index in [0.29, 0.717) is 29.3 Å². The molecule has 0 radical (unpaired) electrons. The van der Waals surface area contributed by atoms with Crippen LogP contribution in [0, 0.1) is 5.92 Å². The van der Waals surface area contributed by atoms with E-state index in [1.165, 1.54) is 22.5 Å². The summed E-state index contributed by atoms with van der Waals surface area (Å²) in [6, 6.07) is 12.6. The molecule has 3 aromatic rings. The zero-order valence-electron chi connectivity index (χ0n) is 18.0. The summed E-state index contributed by atoms with van der Waals surface area (Å²) in [6.45, 7) is 6.01. The number of sulfonamides is 1. The minimum absolute atomic E-state index is 0.0242. The zero-order valence-corrected chi connectivity index (χ0v) is 18.8. The molecule has 31 heavy (non-hydrogen) atoms. The fourth-order valence-electron chi connectivity index (χ4n) is 3.35. The Morgan fingerprint density at radius 2 is 1.81 bits per heavy atom. The van der Waals surface area contributed by atoms with E-state index in [9.17, 15) is 18.3 Å². The molecule has 0 aliphatic rings. The normalized spacial score (nSPS) is 11.6. The maximum absolute atomic E-state index is 13.6. The van der Waals surface area contributed by atoms with Gasteiger partial charge in [0.1, 0.15) is 5.82 Å². The highest BCUT2D eigenvalue weighted by molar-refractivity contribution is 7.92. The highest BCUT2D eigenvalue weighted by Gasteiger charge is 2.29. The third-order valence-electron chi connectivity index (χ3n) is 4.90. The van der Waals surface area contributed by atoms with Gasteiger partial charge in [-0.2, -0.15) is 0 Å². The number of aromatic carboxylic acids is 1. The lowest BCUT2D eigenvalue weighted by Crippen LogP contribution is -2.35. The van der Waals surface area contributed by atoms with Crippen LogP contribution in [0.15, 0.2) is 53.4 Å². The summed E-state index contributed by atoms with van der Waals surface area (Å²) in [6.07, 6.45) is 0.634. The number of hydrogen-bond acceptors (Lipinski definition) is 5. The first-order valence-electron chi connectivity index (χ1n) is 10.0. The highest BCUT2D eigenvalue weighted by atomic mass is 32.2. The predicted octanol–water partition coefficient (Wildman–Crippen LogP) is 3.59. The number of carboxylic acids is 1. The second-order valence-electron chi connectivity index (χ2n) is 7.63. The van der Waals surface area contributed by atoms with Crippen molar-refractivity contribution in [3.8, 4) is 11.4 Å². The highest BCUT2D eigenvalue weighted by Crippen LogP contribution is 2.35. The first kappa shape index (κ1) is 22.5. The number of benzene rings is 2. The number of nitrogens with zero attached hydrogens (tertiary/aromatic N) is 4. The van der Waals surface area contributed by atoms with Gasteiger partial charge in [-0.05, 0) is 36.2 Å². The molecular weight excluding hydrogens is 416 g/mol. The van der Waals surface area contributed by atoms with Crippen LogP contribution in [0.25, 0.3) is 11.4 Å². The van der Waals surface area contributed by atoms with E-state index in [2.05, 4.69) is 10.2 Å². The van der Waals surface area contributed by atoms with Gasteiger partial charge in [0.25, 0.3) is 10.0 Å². The zero-order chi connectivity index (χ0) is 22.8. The second-order valence-corrected chi connectivity index (χ2v) is 9.49. The lowest BCUT2D eigenvalue weighted by atomic mass is 10.1. The Morgan fingerprint density at radius 3 is 2.35 bits per heavy atom. The second kappa shape index (κ2) is 8.89. The summed E-state index contributed by atoms with van der Waals surface area (Å²) in [4.78, 5) is 11.8. The van der Waals surface area contributed by atoms with E-state index in [4.69, 9.17) is 0 Å². The Labute approximate surface area is 182 Å². The van der Waals surface area contributed by atoms with E-state index in [0.717, 1.165) is 0 Å². The molecule has 0 unspecified atom stereocenters. The number of carbonyl (C=O) groups is 1. The lowest BCUT2D eigenvalue weighted by Gasteiger charge is -2.28.